The van der Waals surface area contributed by atoms with Crippen molar-refractivity contribution in [3.8, 4) is 0 Å². The Bertz CT molecular complexity index is 1090. The van der Waals surface area contributed by atoms with E-state index in [1.54, 1.807) is 30.9 Å². The summed E-state index contributed by atoms with van der Waals surface area (Å²) in [6.45, 7) is 2.97. The molecule has 0 bridgehead atoms. The van der Waals surface area contributed by atoms with E-state index >= 15 is 0 Å². The molecule has 32 heavy (non-hydrogen) atoms. The molecule has 12 heteroatoms. The first-order valence-electron chi connectivity index (χ1n) is 10.1. The van der Waals surface area contributed by atoms with Gasteiger partial charge in [0.1, 0.15) is 5.82 Å². The zero-order valence-electron chi connectivity index (χ0n) is 17.6. The standard InChI is InChI=1S/C20H26BrN7O3S/c1-2-15(13-29)25-19-18(21)12-23-20(27-19)26-16-4-6-17(7-5-16)32(30,31)24-8-3-10-28-11-9-22-14-28/h4-7,9,11-12,14-15,24,29H,2-3,8,10,13H2,1H3,(H2,23,25,26,27). The number of nitrogens with zero attached hydrogens (tertiary/aromatic N) is 4. The van der Waals surface area contributed by atoms with Crippen molar-refractivity contribution in [2.24, 2.45) is 0 Å². The largest absolute Gasteiger partial charge is 0.394 e. The second-order valence-electron chi connectivity index (χ2n) is 7.02. The molecule has 2 heterocycles. The van der Waals surface area contributed by atoms with E-state index in [2.05, 4.69) is 46.2 Å². The van der Waals surface area contributed by atoms with Crippen LogP contribution in [0.4, 0.5) is 17.5 Å². The van der Waals surface area contributed by atoms with Crippen LogP contribution >= 0.6 is 15.9 Å². The van der Waals surface area contributed by atoms with Crippen LogP contribution in [0.5, 0.6) is 0 Å². The molecule has 0 aliphatic heterocycles. The molecule has 0 aliphatic carbocycles. The number of halogens is 1. The van der Waals surface area contributed by atoms with Gasteiger partial charge >= 0.3 is 0 Å². The summed E-state index contributed by atoms with van der Waals surface area (Å²) in [6.07, 6.45) is 8.22. The van der Waals surface area contributed by atoms with Crippen LogP contribution in [0.1, 0.15) is 19.8 Å². The Kier molecular flexibility index (Phi) is 8.56. The van der Waals surface area contributed by atoms with Gasteiger partial charge in [-0.2, -0.15) is 4.98 Å². The molecular weight excluding hydrogens is 498 g/mol. The Balaban J connectivity index is 1.59. The summed E-state index contributed by atoms with van der Waals surface area (Å²) < 4.78 is 30.2. The first-order chi connectivity index (χ1) is 15.4. The van der Waals surface area contributed by atoms with Gasteiger partial charge in [-0.25, -0.2) is 23.1 Å². The molecule has 0 radical (unpaired) electrons. The first-order valence-corrected chi connectivity index (χ1v) is 12.4. The molecule has 172 valence electrons. The number of imidazole rings is 1. The van der Waals surface area contributed by atoms with Crippen LogP contribution in [0.15, 0.2) is 58.6 Å². The minimum Gasteiger partial charge on any atom is -0.394 e. The van der Waals surface area contributed by atoms with Gasteiger partial charge in [-0.05, 0) is 53.0 Å². The van der Waals surface area contributed by atoms with E-state index in [0.717, 1.165) is 6.42 Å². The van der Waals surface area contributed by atoms with E-state index in [1.807, 2.05) is 17.7 Å². The van der Waals surface area contributed by atoms with Crippen molar-refractivity contribution in [3.05, 3.63) is 53.7 Å². The fourth-order valence-corrected chi connectivity index (χ4v) is 4.20. The molecule has 3 rings (SSSR count). The highest BCUT2D eigenvalue weighted by atomic mass is 79.9. The number of hydrogen-bond acceptors (Lipinski definition) is 8. The molecular formula is C20H26BrN7O3S. The summed E-state index contributed by atoms with van der Waals surface area (Å²) in [4.78, 5) is 12.8. The van der Waals surface area contributed by atoms with Crippen molar-refractivity contribution in [1.82, 2.24) is 24.2 Å². The minimum atomic E-state index is -3.60. The van der Waals surface area contributed by atoms with Crippen LogP contribution in [-0.2, 0) is 16.6 Å². The van der Waals surface area contributed by atoms with Gasteiger partial charge in [0.05, 0.1) is 28.3 Å². The molecule has 3 aromatic rings. The van der Waals surface area contributed by atoms with Crippen molar-refractivity contribution >= 4 is 43.4 Å². The van der Waals surface area contributed by atoms with Crippen molar-refractivity contribution < 1.29 is 13.5 Å². The van der Waals surface area contributed by atoms with Crippen LogP contribution < -0.4 is 15.4 Å². The quantitative estimate of drug-likeness (QED) is 0.266. The first kappa shape index (κ1) is 24.1. The molecule has 0 saturated heterocycles. The van der Waals surface area contributed by atoms with Gasteiger partial charge in [0.15, 0.2) is 0 Å². The number of aliphatic hydroxyl groups is 1. The molecule has 1 aromatic carbocycles. The fourth-order valence-electron chi connectivity index (χ4n) is 2.82. The van der Waals surface area contributed by atoms with E-state index in [4.69, 9.17) is 0 Å². The average molecular weight is 524 g/mol. The maximum absolute atomic E-state index is 12.5. The van der Waals surface area contributed by atoms with E-state index in [0.29, 0.717) is 41.4 Å². The smallest absolute Gasteiger partial charge is 0.240 e. The summed E-state index contributed by atoms with van der Waals surface area (Å²) in [5.41, 5.74) is 0.645. The molecule has 0 amide bonds. The number of nitrogens with one attached hydrogen (secondary N) is 3. The molecule has 0 spiro atoms. The van der Waals surface area contributed by atoms with Crippen LogP contribution in [0.25, 0.3) is 0 Å². The third kappa shape index (κ3) is 6.73. The molecule has 1 unspecified atom stereocenters. The second kappa shape index (κ2) is 11.4. The predicted molar refractivity (Wildman–Crippen MR) is 126 cm³/mol. The lowest BCUT2D eigenvalue weighted by atomic mass is 10.2. The lowest BCUT2D eigenvalue weighted by Crippen LogP contribution is -2.25. The third-order valence-corrected chi connectivity index (χ3v) is 6.72. The zero-order valence-corrected chi connectivity index (χ0v) is 20.0. The predicted octanol–water partition coefficient (Wildman–Crippen LogP) is 2.73. The van der Waals surface area contributed by atoms with Gasteiger partial charge in [0, 0.05) is 37.4 Å². The van der Waals surface area contributed by atoms with Gasteiger partial charge < -0.3 is 20.3 Å². The van der Waals surface area contributed by atoms with Crippen molar-refractivity contribution in [2.75, 3.05) is 23.8 Å². The normalized spacial score (nSPS) is 12.5. The van der Waals surface area contributed by atoms with E-state index in [-0.39, 0.29) is 17.5 Å². The summed E-state index contributed by atoms with van der Waals surface area (Å²) in [7, 11) is -3.60. The highest BCUT2D eigenvalue weighted by molar-refractivity contribution is 9.10. The summed E-state index contributed by atoms with van der Waals surface area (Å²) in [6, 6.07) is 6.24. The van der Waals surface area contributed by atoms with Crippen LogP contribution in [-0.4, -0.2) is 52.2 Å². The topological polar surface area (TPSA) is 134 Å². The van der Waals surface area contributed by atoms with Crippen molar-refractivity contribution in [1.29, 1.82) is 0 Å². The Labute approximate surface area is 195 Å². The number of aryl methyl sites for hydroxylation is 1. The monoisotopic (exact) mass is 523 g/mol. The van der Waals surface area contributed by atoms with Gasteiger partial charge in [-0.3, -0.25) is 0 Å². The number of sulfonamides is 1. The molecule has 4 N–H and O–H groups in total. The molecule has 10 nitrogen and oxygen atoms in total. The van der Waals surface area contributed by atoms with Gasteiger partial charge in [-0.15, -0.1) is 0 Å². The summed E-state index contributed by atoms with van der Waals surface area (Å²) >= 11 is 3.40. The maximum atomic E-state index is 12.5. The number of benzene rings is 1. The lowest BCUT2D eigenvalue weighted by molar-refractivity contribution is 0.271. The number of aliphatic hydroxyl groups excluding tert-OH is 1. The second-order valence-corrected chi connectivity index (χ2v) is 9.64. The van der Waals surface area contributed by atoms with Gasteiger partial charge in [-0.1, -0.05) is 6.92 Å². The number of anilines is 3. The third-order valence-electron chi connectivity index (χ3n) is 4.66. The summed E-state index contributed by atoms with van der Waals surface area (Å²) in [5.74, 6) is 0.902. The minimum absolute atomic E-state index is 0.0107. The number of hydrogen-bond donors (Lipinski definition) is 4. The fraction of sp³-hybridized carbons (Fsp3) is 0.350. The Morgan fingerprint density at radius 1 is 1.25 bits per heavy atom. The highest BCUT2D eigenvalue weighted by Crippen LogP contribution is 2.23. The average Bonchev–Trinajstić information content (AvgIpc) is 3.31. The Morgan fingerprint density at radius 3 is 2.69 bits per heavy atom. The van der Waals surface area contributed by atoms with E-state index in [1.165, 1.54) is 12.1 Å². The molecule has 0 saturated carbocycles. The number of rotatable bonds is 12. The van der Waals surface area contributed by atoms with Crippen molar-refractivity contribution in [2.45, 2.75) is 37.2 Å². The van der Waals surface area contributed by atoms with E-state index < -0.39 is 10.0 Å². The van der Waals surface area contributed by atoms with Gasteiger partial charge in [0.2, 0.25) is 16.0 Å². The molecule has 0 aliphatic rings. The van der Waals surface area contributed by atoms with Gasteiger partial charge in [0.25, 0.3) is 0 Å². The van der Waals surface area contributed by atoms with Crippen LogP contribution in [0, 0.1) is 0 Å². The number of aromatic nitrogens is 4. The maximum Gasteiger partial charge on any atom is 0.240 e. The Morgan fingerprint density at radius 2 is 2.03 bits per heavy atom. The molecule has 0 fully saturated rings. The lowest BCUT2D eigenvalue weighted by Gasteiger charge is -2.16. The SMILES string of the molecule is CCC(CO)Nc1nc(Nc2ccc(S(=O)(=O)NCCCn3ccnc3)cc2)ncc1Br. The summed E-state index contributed by atoms with van der Waals surface area (Å²) in [5, 5.41) is 15.6. The zero-order chi connectivity index (χ0) is 23.0. The van der Waals surface area contributed by atoms with Crippen LogP contribution in [0.2, 0.25) is 0 Å². The highest BCUT2D eigenvalue weighted by Gasteiger charge is 2.14. The van der Waals surface area contributed by atoms with E-state index in [9.17, 15) is 13.5 Å². The molecule has 1 atom stereocenters. The van der Waals surface area contributed by atoms with Crippen LogP contribution in [0.3, 0.4) is 0 Å². The Hall–Kier alpha value is -2.54. The van der Waals surface area contributed by atoms with Crippen molar-refractivity contribution in [3.63, 3.8) is 0 Å². The molecule has 2 aromatic heterocycles.